The predicted octanol–water partition coefficient (Wildman–Crippen LogP) is 2.49. The van der Waals surface area contributed by atoms with Crippen molar-refractivity contribution in [2.75, 3.05) is 0 Å². The minimum Gasteiger partial charge on any atom is -0.463 e. The molecule has 1 amide bonds. The van der Waals surface area contributed by atoms with Gasteiger partial charge in [-0.3, -0.25) is 9.59 Å². The molecule has 0 aliphatic carbocycles. The maximum Gasteiger partial charge on any atom is 0.271 e. The maximum atomic E-state index is 12.0. The van der Waals surface area contributed by atoms with Gasteiger partial charge in [-0.15, -0.1) is 0 Å². The van der Waals surface area contributed by atoms with E-state index >= 15 is 0 Å². The molecule has 5 heteroatoms. The molecule has 0 radical (unpaired) electrons. The second-order valence-electron chi connectivity index (χ2n) is 4.57. The predicted molar refractivity (Wildman–Crippen MR) is 81.1 cm³/mol. The molecule has 2 aromatic carbocycles. The Morgan fingerprint density at radius 1 is 1.05 bits per heavy atom. The lowest BCUT2D eigenvalue weighted by Crippen LogP contribution is -2.23. The summed E-state index contributed by atoms with van der Waals surface area (Å²) in [6.07, 6.45) is 1.96. The van der Waals surface area contributed by atoms with Crippen molar-refractivity contribution in [2.45, 2.75) is 0 Å². The van der Waals surface area contributed by atoms with Crippen molar-refractivity contribution >= 4 is 23.2 Å². The molecule has 1 aromatic heterocycles. The number of benzene rings is 2. The third-order valence-electron chi connectivity index (χ3n) is 3.16. The van der Waals surface area contributed by atoms with E-state index in [-0.39, 0.29) is 11.5 Å². The van der Waals surface area contributed by atoms with Crippen molar-refractivity contribution < 1.29 is 14.0 Å². The summed E-state index contributed by atoms with van der Waals surface area (Å²) >= 11 is 0. The first-order valence-electron chi connectivity index (χ1n) is 6.64. The SMILES string of the molecule is O=Cc1coc2ccccc2c1=NNC(=O)c1ccccc1. The van der Waals surface area contributed by atoms with Gasteiger partial charge in [0.25, 0.3) is 5.91 Å². The van der Waals surface area contributed by atoms with Crippen molar-refractivity contribution in [2.24, 2.45) is 5.10 Å². The number of nitrogens with one attached hydrogen (secondary N) is 1. The Morgan fingerprint density at radius 2 is 1.77 bits per heavy atom. The molecule has 0 aliphatic rings. The first kappa shape index (κ1) is 13.8. The minimum atomic E-state index is -0.345. The van der Waals surface area contributed by atoms with Crippen LogP contribution in [-0.2, 0) is 0 Å². The van der Waals surface area contributed by atoms with Gasteiger partial charge in [0.05, 0.1) is 5.56 Å². The molecule has 5 nitrogen and oxygen atoms in total. The number of carbonyl (C=O) groups is 2. The van der Waals surface area contributed by atoms with Gasteiger partial charge >= 0.3 is 0 Å². The number of nitrogens with zero attached hydrogens (tertiary/aromatic N) is 1. The fourth-order valence-electron chi connectivity index (χ4n) is 2.07. The molecule has 3 aromatic rings. The molecule has 0 atom stereocenters. The van der Waals surface area contributed by atoms with Crippen LogP contribution in [0, 0.1) is 0 Å². The van der Waals surface area contributed by atoms with Crippen LogP contribution in [0.4, 0.5) is 0 Å². The number of carbonyl (C=O) groups excluding carboxylic acids is 2. The number of hydrogen-bond donors (Lipinski definition) is 1. The zero-order valence-corrected chi connectivity index (χ0v) is 11.5. The van der Waals surface area contributed by atoms with Crippen molar-refractivity contribution in [3.8, 4) is 0 Å². The number of amides is 1. The van der Waals surface area contributed by atoms with E-state index in [0.29, 0.717) is 28.2 Å². The standard InChI is InChI=1S/C17H12N2O3/c20-10-13-11-22-15-9-5-4-8-14(15)16(13)18-19-17(21)12-6-2-1-3-7-12/h1-11H,(H,19,21). The van der Waals surface area contributed by atoms with Crippen LogP contribution in [0.3, 0.4) is 0 Å². The highest BCUT2D eigenvalue weighted by Gasteiger charge is 2.06. The topological polar surface area (TPSA) is 71.7 Å². The van der Waals surface area contributed by atoms with Gasteiger partial charge in [-0.05, 0) is 24.3 Å². The summed E-state index contributed by atoms with van der Waals surface area (Å²) in [5.41, 5.74) is 3.81. The smallest absolute Gasteiger partial charge is 0.271 e. The second-order valence-corrected chi connectivity index (χ2v) is 4.57. The summed E-state index contributed by atoms with van der Waals surface area (Å²) in [7, 11) is 0. The highest BCUT2D eigenvalue weighted by molar-refractivity contribution is 5.94. The van der Waals surface area contributed by atoms with Crippen LogP contribution in [0.15, 0.2) is 70.4 Å². The molecule has 0 saturated carbocycles. The Morgan fingerprint density at radius 3 is 2.55 bits per heavy atom. The largest absolute Gasteiger partial charge is 0.463 e. The quantitative estimate of drug-likeness (QED) is 0.595. The Labute approximate surface area is 125 Å². The van der Waals surface area contributed by atoms with E-state index in [2.05, 4.69) is 10.5 Å². The molecule has 0 bridgehead atoms. The summed E-state index contributed by atoms with van der Waals surface area (Å²) in [5, 5.41) is 5.12. The van der Waals surface area contributed by atoms with E-state index in [0.717, 1.165) is 0 Å². The number of para-hydroxylation sites is 1. The van der Waals surface area contributed by atoms with Crippen molar-refractivity contribution in [3.63, 3.8) is 0 Å². The minimum absolute atomic E-state index is 0.270. The first-order chi connectivity index (χ1) is 10.8. The van der Waals surface area contributed by atoms with E-state index in [1.54, 1.807) is 36.4 Å². The van der Waals surface area contributed by atoms with Crippen LogP contribution >= 0.6 is 0 Å². The van der Waals surface area contributed by atoms with Gasteiger partial charge in [0, 0.05) is 10.9 Å². The van der Waals surface area contributed by atoms with Crippen LogP contribution in [0.1, 0.15) is 20.7 Å². The zero-order chi connectivity index (χ0) is 15.4. The molecule has 0 aliphatic heterocycles. The van der Waals surface area contributed by atoms with E-state index < -0.39 is 0 Å². The summed E-state index contributed by atoms with van der Waals surface area (Å²) in [6, 6.07) is 15.9. The van der Waals surface area contributed by atoms with Crippen molar-refractivity contribution in [1.29, 1.82) is 0 Å². The van der Waals surface area contributed by atoms with Crippen LogP contribution in [0.5, 0.6) is 0 Å². The first-order valence-corrected chi connectivity index (χ1v) is 6.64. The molecule has 0 spiro atoms. The lowest BCUT2D eigenvalue weighted by atomic mass is 10.2. The molecule has 108 valence electrons. The third kappa shape index (κ3) is 2.64. The van der Waals surface area contributed by atoms with Gasteiger partial charge in [0.15, 0.2) is 6.29 Å². The Kier molecular flexibility index (Phi) is 3.78. The summed E-state index contributed by atoms with van der Waals surface area (Å²) in [5.74, 6) is -0.345. The number of aldehydes is 1. The van der Waals surface area contributed by atoms with Gasteiger partial charge in [-0.25, -0.2) is 5.43 Å². The van der Waals surface area contributed by atoms with Crippen LogP contribution < -0.4 is 10.8 Å². The van der Waals surface area contributed by atoms with Crippen molar-refractivity contribution in [1.82, 2.24) is 5.43 Å². The molecule has 0 fully saturated rings. The number of fused-ring (bicyclic) bond motifs is 1. The monoisotopic (exact) mass is 292 g/mol. The number of rotatable bonds is 3. The van der Waals surface area contributed by atoms with Gasteiger partial charge in [-0.1, -0.05) is 30.3 Å². The van der Waals surface area contributed by atoms with E-state index in [1.165, 1.54) is 6.26 Å². The Balaban J connectivity index is 2.05. The van der Waals surface area contributed by atoms with Gasteiger partial charge < -0.3 is 4.42 Å². The fourth-order valence-corrected chi connectivity index (χ4v) is 2.07. The lowest BCUT2D eigenvalue weighted by molar-refractivity contribution is 0.0952. The fraction of sp³-hybridized carbons (Fsp3) is 0. The highest BCUT2D eigenvalue weighted by atomic mass is 16.3. The molecule has 1 heterocycles. The van der Waals surface area contributed by atoms with Crippen LogP contribution in [0.25, 0.3) is 11.0 Å². The lowest BCUT2D eigenvalue weighted by Gasteiger charge is -2.02. The van der Waals surface area contributed by atoms with E-state index in [4.69, 9.17) is 4.42 Å². The van der Waals surface area contributed by atoms with E-state index in [1.807, 2.05) is 18.2 Å². The van der Waals surface area contributed by atoms with Gasteiger partial charge in [0.1, 0.15) is 17.2 Å². The summed E-state index contributed by atoms with van der Waals surface area (Å²) in [6.45, 7) is 0. The molecular formula is C17H12N2O3. The summed E-state index contributed by atoms with van der Waals surface area (Å²) < 4.78 is 5.36. The second kappa shape index (κ2) is 6.05. The normalized spacial score (nSPS) is 11.4. The molecule has 0 saturated heterocycles. The molecule has 1 N–H and O–H groups in total. The molecule has 0 unspecified atom stereocenters. The van der Waals surface area contributed by atoms with Crippen molar-refractivity contribution in [3.05, 3.63) is 77.3 Å². The maximum absolute atomic E-state index is 12.0. The van der Waals surface area contributed by atoms with Crippen LogP contribution in [-0.4, -0.2) is 12.2 Å². The van der Waals surface area contributed by atoms with E-state index in [9.17, 15) is 9.59 Å². The third-order valence-corrected chi connectivity index (χ3v) is 3.16. The highest BCUT2D eigenvalue weighted by Crippen LogP contribution is 2.09. The average Bonchev–Trinajstić information content (AvgIpc) is 2.60. The zero-order valence-electron chi connectivity index (χ0n) is 11.5. The van der Waals surface area contributed by atoms with Gasteiger partial charge in [0.2, 0.25) is 0 Å². The Hall–Kier alpha value is -3.21. The average molecular weight is 292 g/mol. The summed E-state index contributed by atoms with van der Waals surface area (Å²) in [4.78, 5) is 23.2. The van der Waals surface area contributed by atoms with Gasteiger partial charge in [-0.2, -0.15) is 5.10 Å². The van der Waals surface area contributed by atoms with Crippen LogP contribution in [0.2, 0.25) is 0 Å². The number of hydrogen-bond acceptors (Lipinski definition) is 4. The Bertz CT molecular complexity index is 898. The molecule has 22 heavy (non-hydrogen) atoms. The molecule has 3 rings (SSSR count). The molecular weight excluding hydrogens is 280 g/mol.